The molecule has 0 aliphatic carbocycles. The molecule has 2 atom stereocenters. The van der Waals surface area contributed by atoms with E-state index in [2.05, 4.69) is 29.6 Å². The first kappa shape index (κ1) is 35.1. The summed E-state index contributed by atoms with van der Waals surface area (Å²) in [5, 5.41) is 2.78. The first-order chi connectivity index (χ1) is 21.8. The van der Waals surface area contributed by atoms with Crippen molar-refractivity contribution >= 4 is 37.4 Å². The summed E-state index contributed by atoms with van der Waals surface area (Å²) in [6.45, 7) is 5.84. The van der Waals surface area contributed by atoms with Gasteiger partial charge in [0.25, 0.3) is 0 Å². The third-order valence-electron chi connectivity index (χ3n) is 7.85. The van der Waals surface area contributed by atoms with Crippen LogP contribution in [0.5, 0.6) is 0 Å². The summed E-state index contributed by atoms with van der Waals surface area (Å²) in [4.78, 5) is 39.3. The molecule has 1 amide bonds. The zero-order chi connectivity index (χ0) is 33.3. The third kappa shape index (κ3) is 10.1. The third-order valence-corrected chi connectivity index (χ3v) is 11.4. The Balaban J connectivity index is 1.45. The van der Waals surface area contributed by atoms with Crippen molar-refractivity contribution in [1.82, 2.24) is 9.62 Å². The van der Waals surface area contributed by atoms with Crippen LogP contribution in [0.2, 0.25) is 6.04 Å². The molecule has 1 aliphatic rings. The summed E-state index contributed by atoms with van der Waals surface area (Å²) < 4.78 is 36.9. The zero-order valence-electron chi connectivity index (χ0n) is 27.0. The van der Waals surface area contributed by atoms with E-state index in [1.54, 1.807) is 45.0 Å². The van der Waals surface area contributed by atoms with Gasteiger partial charge < -0.3 is 14.8 Å². The molecule has 0 bridgehead atoms. The van der Waals surface area contributed by atoms with E-state index in [0.717, 1.165) is 12.3 Å². The number of benzene rings is 3. The van der Waals surface area contributed by atoms with E-state index in [1.807, 2.05) is 36.4 Å². The summed E-state index contributed by atoms with van der Waals surface area (Å²) in [5.41, 5.74) is 3.17. The number of esters is 2. The summed E-state index contributed by atoms with van der Waals surface area (Å²) in [6.07, 6.45) is 2.12. The van der Waals surface area contributed by atoms with Crippen LogP contribution in [0.25, 0.3) is 0 Å². The van der Waals surface area contributed by atoms with Crippen LogP contribution in [0.3, 0.4) is 0 Å². The number of hydrogen-bond acceptors (Lipinski definition) is 7. The lowest BCUT2D eigenvalue weighted by atomic mass is 10.0. The summed E-state index contributed by atoms with van der Waals surface area (Å²) in [6, 6.07) is 26.1. The second-order valence-corrected chi connectivity index (χ2v) is 16.7. The molecule has 246 valence electrons. The molecular weight excluding hydrogens is 621 g/mol. The lowest BCUT2D eigenvalue weighted by molar-refractivity contribution is -0.147. The van der Waals surface area contributed by atoms with Gasteiger partial charge in [-0.3, -0.25) is 4.79 Å². The molecule has 0 unspecified atom stereocenters. The minimum Gasteiger partial charge on any atom is -0.464 e. The number of sulfonamides is 1. The van der Waals surface area contributed by atoms with Crippen LogP contribution < -0.4 is 5.32 Å². The topological polar surface area (TPSA) is 119 Å². The number of amides is 1. The normalized spacial score (nSPS) is 16.4. The lowest BCUT2D eigenvalue weighted by Crippen LogP contribution is -2.51. The largest absolute Gasteiger partial charge is 0.464 e. The monoisotopic (exact) mass is 664 g/mol. The van der Waals surface area contributed by atoms with Crippen LogP contribution in [0, 0.1) is 0 Å². The first-order valence-corrected chi connectivity index (χ1v) is 19.3. The van der Waals surface area contributed by atoms with Crippen LogP contribution in [0.1, 0.15) is 66.2 Å². The molecule has 4 rings (SSSR count). The van der Waals surface area contributed by atoms with Crippen molar-refractivity contribution in [3.05, 3.63) is 107 Å². The van der Waals surface area contributed by atoms with Gasteiger partial charge in [0.05, 0.1) is 18.4 Å². The minimum atomic E-state index is -3.59. The second-order valence-electron chi connectivity index (χ2n) is 12.7. The fraction of sp³-hybridized carbons (Fsp3) is 0.400. The number of ether oxygens (including phenoxy) is 2. The SMILES string of the molecule is CC(C)(C)OC(=O)c1ccc(C[C@H](NC(=O)[C@@H]2CCCN2S(C)(=O)=O)C(=O)OCC[SiH2]C(c2ccccc2)c2ccccc2)cc1. The molecule has 3 aromatic rings. The van der Waals surface area contributed by atoms with Gasteiger partial charge in [-0.15, -0.1) is 0 Å². The summed E-state index contributed by atoms with van der Waals surface area (Å²) >= 11 is 0. The standard InChI is InChI=1S/C35H44N2O7SSi/c1-35(2,3)44-33(39)28-19-17-25(18-20-28)24-29(36-32(38)30-16-11-21-37(30)45(4,41)42)34(40)43-22-23-46-31(26-12-7-5-8-13-26)27-14-9-6-10-15-27/h5-10,12-15,17-20,29-31H,11,16,21-24,46H2,1-4H3,(H,36,38)/t29-,30-/m0/s1. The van der Waals surface area contributed by atoms with E-state index >= 15 is 0 Å². The van der Waals surface area contributed by atoms with Gasteiger partial charge >= 0.3 is 11.9 Å². The van der Waals surface area contributed by atoms with Crippen LogP contribution >= 0.6 is 0 Å². The second kappa shape index (κ2) is 15.7. The Bertz CT molecular complexity index is 1540. The molecule has 46 heavy (non-hydrogen) atoms. The maximum Gasteiger partial charge on any atom is 0.338 e. The maximum atomic E-state index is 13.5. The van der Waals surface area contributed by atoms with Crippen molar-refractivity contribution in [2.45, 2.75) is 69.3 Å². The van der Waals surface area contributed by atoms with Gasteiger partial charge in [-0.1, -0.05) is 72.8 Å². The molecule has 0 radical (unpaired) electrons. The van der Waals surface area contributed by atoms with Crippen LogP contribution in [0.4, 0.5) is 0 Å². The molecule has 1 N–H and O–H groups in total. The Hall–Kier alpha value is -3.80. The average Bonchev–Trinajstić information content (AvgIpc) is 3.52. The fourth-order valence-corrected chi connectivity index (χ4v) is 8.72. The molecule has 1 heterocycles. The highest BCUT2D eigenvalue weighted by Gasteiger charge is 2.38. The van der Waals surface area contributed by atoms with Gasteiger partial charge in [-0.2, -0.15) is 4.31 Å². The molecule has 0 spiro atoms. The quantitative estimate of drug-likeness (QED) is 0.167. The minimum absolute atomic E-state index is 0.110. The van der Waals surface area contributed by atoms with E-state index in [4.69, 9.17) is 9.47 Å². The number of rotatable bonds is 13. The van der Waals surface area contributed by atoms with Crippen molar-refractivity contribution in [3.63, 3.8) is 0 Å². The van der Waals surface area contributed by atoms with Crippen molar-refractivity contribution in [2.24, 2.45) is 0 Å². The van der Waals surface area contributed by atoms with E-state index in [9.17, 15) is 22.8 Å². The predicted molar refractivity (Wildman–Crippen MR) is 181 cm³/mol. The Morgan fingerprint density at radius 2 is 1.52 bits per heavy atom. The molecule has 3 aromatic carbocycles. The van der Waals surface area contributed by atoms with Gasteiger partial charge in [-0.05, 0) is 74.0 Å². The Labute approximate surface area is 274 Å². The van der Waals surface area contributed by atoms with E-state index in [-0.39, 0.29) is 25.1 Å². The fourth-order valence-electron chi connectivity index (χ4n) is 5.67. The van der Waals surface area contributed by atoms with Crippen molar-refractivity contribution in [1.29, 1.82) is 0 Å². The van der Waals surface area contributed by atoms with Crippen molar-refractivity contribution in [2.75, 3.05) is 19.4 Å². The molecule has 1 saturated heterocycles. The molecule has 11 heteroatoms. The van der Waals surface area contributed by atoms with E-state index < -0.39 is 55.1 Å². The first-order valence-electron chi connectivity index (χ1n) is 15.7. The average molecular weight is 665 g/mol. The van der Waals surface area contributed by atoms with Gasteiger partial charge in [0.1, 0.15) is 17.7 Å². The van der Waals surface area contributed by atoms with Gasteiger partial charge in [0, 0.05) is 22.5 Å². The van der Waals surface area contributed by atoms with Crippen LogP contribution in [-0.2, 0) is 35.5 Å². The Morgan fingerprint density at radius 3 is 2.07 bits per heavy atom. The molecule has 9 nitrogen and oxygen atoms in total. The Kier molecular flexibility index (Phi) is 11.9. The van der Waals surface area contributed by atoms with Crippen LogP contribution in [0.15, 0.2) is 84.9 Å². The van der Waals surface area contributed by atoms with Crippen molar-refractivity contribution < 1.29 is 32.3 Å². The summed E-state index contributed by atoms with van der Waals surface area (Å²) in [7, 11) is -4.35. The van der Waals surface area contributed by atoms with Crippen LogP contribution in [-0.4, -0.2) is 77.2 Å². The van der Waals surface area contributed by atoms with E-state index in [1.165, 1.54) is 15.4 Å². The van der Waals surface area contributed by atoms with Gasteiger partial charge in [0.2, 0.25) is 15.9 Å². The van der Waals surface area contributed by atoms with Crippen molar-refractivity contribution in [3.8, 4) is 0 Å². The predicted octanol–water partition coefficient (Wildman–Crippen LogP) is 4.01. The lowest BCUT2D eigenvalue weighted by Gasteiger charge is -2.24. The number of nitrogens with one attached hydrogen (secondary N) is 1. The number of nitrogens with zero attached hydrogens (tertiary/aromatic N) is 1. The zero-order valence-corrected chi connectivity index (χ0v) is 29.2. The number of carbonyl (C=O) groups is 3. The summed E-state index contributed by atoms with van der Waals surface area (Å²) in [5.74, 6) is -1.57. The smallest absolute Gasteiger partial charge is 0.338 e. The van der Waals surface area contributed by atoms with E-state index in [0.29, 0.717) is 24.0 Å². The highest BCUT2D eigenvalue weighted by atomic mass is 32.2. The highest BCUT2D eigenvalue weighted by Crippen LogP contribution is 2.25. The van der Waals surface area contributed by atoms with Gasteiger partial charge in [-0.25, -0.2) is 18.0 Å². The Morgan fingerprint density at radius 1 is 0.935 bits per heavy atom. The molecule has 0 saturated carbocycles. The van der Waals surface area contributed by atoms with Gasteiger partial charge in [0.15, 0.2) is 0 Å². The molecule has 1 fully saturated rings. The molecular formula is C35H44N2O7SSi. The molecule has 0 aromatic heterocycles. The number of carbonyl (C=O) groups excluding carboxylic acids is 3. The maximum absolute atomic E-state index is 13.5. The molecule has 1 aliphatic heterocycles. The highest BCUT2D eigenvalue weighted by molar-refractivity contribution is 7.88. The number of hydrogen-bond donors (Lipinski definition) is 1.